The molecule has 0 bridgehead atoms. The zero-order chi connectivity index (χ0) is 11.0. The molecule has 0 aliphatic heterocycles. The normalized spacial score (nSPS) is 11.5. The molecule has 2 nitrogen and oxygen atoms in total. The van der Waals surface area contributed by atoms with E-state index in [9.17, 15) is 4.39 Å². The number of fused-ring (bicyclic) bond motifs is 1. The lowest BCUT2D eigenvalue weighted by atomic mass is 10.2. The van der Waals surface area contributed by atoms with Crippen LogP contribution in [-0.4, -0.2) is 9.55 Å². The highest BCUT2D eigenvalue weighted by atomic mass is 35.5. The van der Waals surface area contributed by atoms with Gasteiger partial charge in [0, 0.05) is 6.54 Å². The molecule has 15 heavy (non-hydrogen) atoms. The van der Waals surface area contributed by atoms with Crippen molar-refractivity contribution in [1.82, 2.24) is 9.55 Å². The Balaban J connectivity index is 2.60. The molecule has 0 saturated heterocycles. The van der Waals surface area contributed by atoms with Gasteiger partial charge in [0.15, 0.2) is 0 Å². The first-order chi connectivity index (χ1) is 7.08. The Kier molecular flexibility index (Phi) is 2.65. The standard InChI is InChI=1S/C11H12ClFN2/c1-7(2)6-15-10-5-8(13)3-4-9(10)14-11(15)12/h3-5,7H,6H2,1-2H3. The number of hydrogen-bond donors (Lipinski definition) is 0. The molecule has 0 unspecified atom stereocenters. The molecule has 2 aromatic rings. The molecule has 1 aromatic carbocycles. The summed E-state index contributed by atoms with van der Waals surface area (Å²) in [6, 6.07) is 4.51. The predicted molar refractivity (Wildman–Crippen MR) is 59.5 cm³/mol. The fraction of sp³-hybridized carbons (Fsp3) is 0.364. The van der Waals surface area contributed by atoms with Crippen molar-refractivity contribution in [1.29, 1.82) is 0 Å². The van der Waals surface area contributed by atoms with Gasteiger partial charge in [-0.3, -0.25) is 0 Å². The Morgan fingerprint density at radius 3 is 2.87 bits per heavy atom. The van der Waals surface area contributed by atoms with Crippen molar-refractivity contribution >= 4 is 22.6 Å². The molecule has 0 saturated carbocycles. The van der Waals surface area contributed by atoms with Crippen LogP contribution in [0.2, 0.25) is 5.28 Å². The van der Waals surface area contributed by atoms with E-state index in [1.165, 1.54) is 12.1 Å². The number of hydrogen-bond acceptors (Lipinski definition) is 1. The van der Waals surface area contributed by atoms with Gasteiger partial charge < -0.3 is 4.57 Å². The minimum atomic E-state index is -0.260. The van der Waals surface area contributed by atoms with Gasteiger partial charge in [-0.1, -0.05) is 13.8 Å². The number of rotatable bonds is 2. The number of halogens is 2. The summed E-state index contributed by atoms with van der Waals surface area (Å²) in [5.74, 6) is 0.187. The van der Waals surface area contributed by atoms with Crippen molar-refractivity contribution in [3.05, 3.63) is 29.3 Å². The Morgan fingerprint density at radius 2 is 2.20 bits per heavy atom. The van der Waals surface area contributed by atoms with Gasteiger partial charge in [-0.25, -0.2) is 9.37 Å². The van der Waals surface area contributed by atoms with Crippen LogP contribution in [-0.2, 0) is 6.54 Å². The van der Waals surface area contributed by atoms with Crippen LogP contribution in [0.5, 0.6) is 0 Å². The Morgan fingerprint density at radius 1 is 1.47 bits per heavy atom. The maximum atomic E-state index is 13.1. The molecule has 0 atom stereocenters. The molecule has 0 radical (unpaired) electrons. The average molecular weight is 227 g/mol. The molecule has 0 aliphatic carbocycles. The summed E-state index contributed by atoms with van der Waals surface area (Å²) in [7, 11) is 0. The molecular formula is C11H12ClFN2. The summed E-state index contributed by atoms with van der Waals surface area (Å²) in [4.78, 5) is 4.17. The van der Waals surface area contributed by atoms with Crippen molar-refractivity contribution in [3.63, 3.8) is 0 Å². The van der Waals surface area contributed by atoms with Gasteiger partial charge in [-0.15, -0.1) is 0 Å². The molecule has 80 valence electrons. The quantitative estimate of drug-likeness (QED) is 0.767. The minimum absolute atomic E-state index is 0.260. The van der Waals surface area contributed by atoms with Crippen LogP contribution in [0.4, 0.5) is 4.39 Å². The molecule has 0 amide bonds. The molecule has 0 aliphatic rings. The van der Waals surface area contributed by atoms with Gasteiger partial charge >= 0.3 is 0 Å². The van der Waals surface area contributed by atoms with Crippen molar-refractivity contribution in [2.24, 2.45) is 5.92 Å². The first kappa shape index (κ1) is 10.4. The first-order valence-electron chi connectivity index (χ1n) is 4.89. The molecule has 1 aromatic heterocycles. The van der Waals surface area contributed by atoms with Crippen LogP contribution in [0.3, 0.4) is 0 Å². The SMILES string of the molecule is CC(C)Cn1c(Cl)nc2ccc(F)cc21. The van der Waals surface area contributed by atoms with E-state index in [-0.39, 0.29) is 5.82 Å². The van der Waals surface area contributed by atoms with Gasteiger partial charge in [0.25, 0.3) is 0 Å². The summed E-state index contributed by atoms with van der Waals surface area (Å²) >= 11 is 5.99. The number of benzene rings is 1. The first-order valence-corrected chi connectivity index (χ1v) is 5.27. The summed E-state index contributed by atoms with van der Waals surface area (Å²) in [6.45, 7) is 4.92. The zero-order valence-electron chi connectivity index (χ0n) is 8.67. The van der Waals surface area contributed by atoms with E-state index < -0.39 is 0 Å². The molecule has 2 rings (SSSR count). The minimum Gasteiger partial charge on any atom is -0.314 e. The predicted octanol–water partition coefficient (Wildman–Crippen LogP) is 3.48. The second-order valence-corrected chi connectivity index (χ2v) is 4.36. The number of nitrogens with zero attached hydrogens (tertiary/aromatic N) is 2. The van der Waals surface area contributed by atoms with Crippen molar-refractivity contribution in [2.45, 2.75) is 20.4 Å². The van der Waals surface area contributed by atoms with Gasteiger partial charge in [0.2, 0.25) is 5.28 Å². The summed E-state index contributed by atoms with van der Waals surface area (Å²) < 4.78 is 14.9. The third-order valence-electron chi connectivity index (χ3n) is 2.21. The Hall–Kier alpha value is -1.09. The maximum Gasteiger partial charge on any atom is 0.203 e. The molecule has 0 N–H and O–H groups in total. The van der Waals surface area contributed by atoms with Crippen molar-refractivity contribution in [3.8, 4) is 0 Å². The van der Waals surface area contributed by atoms with E-state index in [1.54, 1.807) is 6.07 Å². The summed E-state index contributed by atoms with van der Waals surface area (Å²) in [6.07, 6.45) is 0. The van der Waals surface area contributed by atoms with E-state index in [0.717, 1.165) is 17.6 Å². The molecule has 4 heteroatoms. The van der Waals surface area contributed by atoms with Crippen molar-refractivity contribution < 1.29 is 4.39 Å². The lowest BCUT2D eigenvalue weighted by Crippen LogP contribution is -2.04. The van der Waals surface area contributed by atoms with E-state index in [0.29, 0.717) is 11.2 Å². The summed E-state index contributed by atoms with van der Waals surface area (Å²) in [5, 5.41) is 0.421. The highest BCUT2D eigenvalue weighted by Crippen LogP contribution is 2.21. The monoisotopic (exact) mass is 226 g/mol. The van der Waals surface area contributed by atoms with E-state index in [2.05, 4.69) is 18.8 Å². The topological polar surface area (TPSA) is 17.8 Å². The number of imidazole rings is 1. The highest BCUT2D eigenvalue weighted by Gasteiger charge is 2.10. The Labute approximate surface area is 92.7 Å². The van der Waals surface area contributed by atoms with Crippen LogP contribution in [0, 0.1) is 11.7 Å². The van der Waals surface area contributed by atoms with Crippen LogP contribution in [0.1, 0.15) is 13.8 Å². The Bertz CT molecular complexity index is 491. The van der Waals surface area contributed by atoms with Gasteiger partial charge in [-0.2, -0.15) is 0 Å². The average Bonchev–Trinajstić information content (AvgIpc) is 2.43. The van der Waals surface area contributed by atoms with Crippen LogP contribution < -0.4 is 0 Å². The van der Waals surface area contributed by atoms with Gasteiger partial charge in [0.05, 0.1) is 11.0 Å². The van der Waals surface area contributed by atoms with Crippen LogP contribution >= 0.6 is 11.6 Å². The molecule has 0 fully saturated rings. The lowest BCUT2D eigenvalue weighted by molar-refractivity contribution is 0.532. The van der Waals surface area contributed by atoms with Gasteiger partial charge in [-0.05, 0) is 35.7 Å². The largest absolute Gasteiger partial charge is 0.314 e. The van der Waals surface area contributed by atoms with Crippen LogP contribution in [0.25, 0.3) is 11.0 Å². The highest BCUT2D eigenvalue weighted by molar-refractivity contribution is 6.29. The third-order valence-corrected chi connectivity index (χ3v) is 2.50. The third kappa shape index (κ3) is 1.97. The lowest BCUT2D eigenvalue weighted by Gasteiger charge is -2.08. The second-order valence-electron chi connectivity index (χ2n) is 4.02. The number of aromatic nitrogens is 2. The molecule has 1 heterocycles. The maximum absolute atomic E-state index is 13.1. The van der Waals surface area contributed by atoms with Crippen LogP contribution in [0.15, 0.2) is 18.2 Å². The van der Waals surface area contributed by atoms with Gasteiger partial charge in [0.1, 0.15) is 5.82 Å². The van der Waals surface area contributed by atoms with E-state index in [1.807, 2.05) is 4.57 Å². The fourth-order valence-electron chi connectivity index (χ4n) is 1.61. The summed E-state index contributed by atoms with van der Waals surface area (Å²) in [5.41, 5.74) is 1.50. The van der Waals surface area contributed by atoms with Crippen molar-refractivity contribution in [2.75, 3.05) is 0 Å². The fourth-order valence-corrected chi connectivity index (χ4v) is 1.86. The molecular weight excluding hydrogens is 215 g/mol. The zero-order valence-corrected chi connectivity index (χ0v) is 9.42. The van der Waals surface area contributed by atoms with E-state index in [4.69, 9.17) is 11.6 Å². The van der Waals surface area contributed by atoms with E-state index >= 15 is 0 Å². The second kappa shape index (κ2) is 3.81. The molecule has 0 spiro atoms. The smallest absolute Gasteiger partial charge is 0.203 e.